The highest BCUT2D eigenvalue weighted by Crippen LogP contribution is 2.34. The van der Waals surface area contributed by atoms with Gasteiger partial charge in [-0.05, 0) is 61.2 Å². The molecule has 0 saturated carbocycles. The van der Waals surface area contributed by atoms with Crippen LogP contribution in [0.1, 0.15) is 19.3 Å². The first kappa shape index (κ1) is 25.8. The highest BCUT2D eigenvalue weighted by molar-refractivity contribution is 5.99. The monoisotopic (exact) mass is 530 g/mol. The van der Waals surface area contributed by atoms with Crippen molar-refractivity contribution in [2.45, 2.75) is 19.3 Å². The molecule has 0 spiro atoms. The zero-order chi connectivity index (χ0) is 27.4. The summed E-state index contributed by atoms with van der Waals surface area (Å²) < 4.78 is 31.8. The Morgan fingerprint density at radius 3 is 2.54 bits per heavy atom. The van der Waals surface area contributed by atoms with E-state index in [1.54, 1.807) is 36.4 Å². The van der Waals surface area contributed by atoms with Gasteiger partial charge in [0.15, 0.2) is 0 Å². The second-order valence-corrected chi connectivity index (χ2v) is 9.21. The predicted octanol–water partition coefficient (Wildman–Crippen LogP) is 5.76. The van der Waals surface area contributed by atoms with E-state index in [4.69, 9.17) is 0 Å². The van der Waals surface area contributed by atoms with E-state index >= 15 is 4.39 Å². The molecule has 0 unspecified atom stereocenters. The standard InChI is InChI=1S/C28H28F2N8O/c1-3-26(39)33-19-8-9-22(29)24(14-19)35-27-21(16-31-28(36-27)34-20-15-32-37(2)17-20)18-7-10-25(23(30)13-18)38-11-5-4-6-12-38/h3,7-10,13-17H,1,4-6,11-12H2,2H3,(H,33,39)(H2,31,34,35,36). The molecule has 4 aromatic rings. The van der Waals surface area contributed by atoms with Crippen LogP contribution in [0.5, 0.6) is 0 Å². The van der Waals surface area contributed by atoms with Gasteiger partial charge in [0.05, 0.1) is 23.3 Å². The number of nitrogens with one attached hydrogen (secondary N) is 3. The average molecular weight is 531 g/mol. The second-order valence-electron chi connectivity index (χ2n) is 9.21. The third-order valence-corrected chi connectivity index (χ3v) is 6.38. The first-order valence-corrected chi connectivity index (χ1v) is 12.6. The molecule has 3 N–H and O–H groups in total. The number of hydrogen-bond acceptors (Lipinski definition) is 7. The van der Waals surface area contributed by atoms with Crippen LogP contribution in [0.2, 0.25) is 0 Å². The highest BCUT2D eigenvalue weighted by Gasteiger charge is 2.18. The number of anilines is 6. The molecule has 11 heteroatoms. The highest BCUT2D eigenvalue weighted by atomic mass is 19.1. The Balaban J connectivity index is 1.52. The normalized spacial score (nSPS) is 13.2. The molecule has 1 saturated heterocycles. The smallest absolute Gasteiger partial charge is 0.247 e. The van der Waals surface area contributed by atoms with Crippen molar-refractivity contribution in [2.24, 2.45) is 7.05 Å². The molecule has 0 bridgehead atoms. The summed E-state index contributed by atoms with van der Waals surface area (Å²) in [6.07, 6.45) is 9.26. The van der Waals surface area contributed by atoms with Crippen molar-refractivity contribution < 1.29 is 13.6 Å². The van der Waals surface area contributed by atoms with Crippen LogP contribution in [-0.2, 0) is 11.8 Å². The summed E-state index contributed by atoms with van der Waals surface area (Å²) in [4.78, 5) is 22.8. The molecule has 1 amide bonds. The Labute approximate surface area is 224 Å². The Morgan fingerprint density at radius 2 is 1.82 bits per heavy atom. The van der Waals surface area contributed by atoms with Crippen LogP contribution < -0.4 is 20.9 Å². The molecule has 1 aliphatic rings. The predicted molar refractivity (Wildman–Crippen MR) is 148 cm³/mol. The van der Waals surface area contributed by atoms with Gasteiger partial charge in [0.1, 0.15) is 17.5 Å². The van der Waals surface area contributed by atoms with E-state index < -0.39 is 11.7 Å². The van der Waals surface area contributed by atoms with Gasteiger partial charge in [-0.2, -0.15) is 10.1 Å². The van der Waals surface area contributed by atoms with Crippen LogP contribution in [0, 0.1) is 11.6 Å². The van der Waals surface area contributed by atoms with Crippen molar-refractivity contribution in [3.8, 4) is 11.1 Å². The lowest BCUT2D eigenvalue weighted by Gasteiger charge is -2.29. The Hall–Kier alpha value is -4.80. The number of rotatable bonds is 8. The molecule has 1 aliphatic heterocycles. The molecule has 2 aromatic heterocycles. The van der Waals surface area contributed by atoms with Crippen molar-refractivity contribution in [2.75, 3.05) is 33.9 Å². The van der Waals surface area contributed by atoms with Crippen molar-refractivity contribution in [1.29, 1.82) is 0 Å². The molecule has 0 atom stereocenters. The molecular weight excluding hydrogens is 502 g/mol. The van der Waals surface area contributed by atoms with Crippen LogP contribution in [-0.4, -0.2) is 38.7 Å². The van der Waals surface area contributed by atoms with Crippen LogP contribution in [0.4, 0.5) is 43.3 Å². The van der Waals surface area contributed by atoms with Gasteiger partial charge in [0.25, 0.3) is 0 Å². The first-order chi connectivity index (χ1) is 18.9. The van der Waals surface area contributed by atoms with E-state index in [1.165, 1.54) is 24.3 Å². The minimum atomic E-state index is -0.565. The number of benzene rings is 2. The van der Waals surface area contributed by atoms with Gasteiger partial charge >= 0.3 is 0 Å². The summed E-state index contributed by atoms with van der Waals surface area (Å²) in [5.41, 5.74) is 2.64. The van der Waals surface area contributed by atoms with Gasteiger partial charge in [-0.25, -0.2) is 13.8 Å². The summed E-state index contributed by atoms with van der Waals surface area (Å²) >= 11 is 0. The summed E-state index contributed by atoms with van der Waals surface area (Å²) in [5, 5.41) is 12.8. The maximum atomic E-state index is 15.3. The van der Waals surface area contributed by atoms with Crippen LogP contribution in [0.25, 0.3) is 11.1 Å². The SMILES string of the molecule is C=CC(=O)Nc1ccc(F)c(Nc2nc(Nc3cnn(C)c3)ncc2-c2ccc(N3CCCCC3)c(F)c2)c1. The zero-order valence-electron chi connectivity index (χ0n) is 21.4. The Morgan fingerprint density at radius 1 is 1.00 bits per heavy atom. The summed E-state index contributed by atoms with van der Waals surface area (Å²) in [5.74, 6) is -0.867. The number of carbonyl (C=O) groups excluding carboxylic acids is 1. The van der Waals surface area contributed by atoms with Gasteiger partial charge in [0, 0.05) is 43.8 Å². The van der Waals surface area contributed by atoms with E-state index in [0.29, 0.717) is 28.2 Å². The fourth-order valence-electron chi connectivity index (χ4n) is 4.45. The number of carbonyl (C=O) groups is 1. The molecule has 5 rings (SSSR count). The van der Waals surface area contributed by atoms with E-state index in [2.05, 4.69) is 42.5 Å². The molecule has 200 valence electrons. The number of halogens is 2. The number of amides is 1. The summed E-state index contributed by atoms with van der Waals surface area (Å²) in [6, 6.07) is 9.11. The molecule has 2 aromatic carbocycles. The minimum Gasteiger partial charge on any atom is -0.369 e. The van der Waals surface area contributed by atoms with E-state index in [1.807, 2.05) is 6.07 Å². The lowest BCUT2D eigenvalue weighted by molar-refractivity contribution is -0.111. The van der Waals surface area contributed by atoms with Crippen LogP contribution in [0.3, 0.4) is 0 Å². The molecule has 0 aliphatic carbocycles. The van der Waals surface area contributed by atoms with Crippen molar-refractivity contribution in [3.63, 3.8) is 0 Å². The Bertz CT molecular complexity index is 1510. The number of aryl methyl sites for hydroxylation is 1. The summed E-state index contributed by atoms with van der Waals surface area (Å²) in [6.45, 7) is 5.07. The zero-order valence-corrected chi connectivity index (χ0v) is 21.4. The molecular formula is C28H28F2N8O. The average Bonchev–Trinajstić information content (AvgIpc) is 3.35. The van der Waals surface area contributed by atoms with E-state index in [-0.39, 0.29) is 23.3 Å². The topological polar surface area (TPSA) is 100 Å². The van der Waals surface area contributed by atoms with Crippen molar-refractivity contribution in [3.05, 3.63) is 79.3 Å². The third kappa shape index (κ3) is 6.03. The molecule has 1 fully saturated rings. The molecule has 3 heterocycles. The van der Waals surface area contributed by atoms with Gasteiger partial charge in [0.2, 0.25) is 11.9 Å². The van der Waals surface area contributed by atoms with Crippen LogP contribution >= 0.6 is 0 Å². The van der Waals surface area contributed by atoms with Crippen LogP contribution in [0.15, 0.2) is 67.6 Å². The number of aromatic nitrogens is 4. The first-order valence-electron chi connectivity index (χ1n) is 12.6. The van der Waals surface area contributed by atoms with Crippen molar-refractivity contribution >= 4 is 40.4 Å². The minimum absolute atomic E-state index is 0.0644. The summed E-state index contributed by atoms with van der Waals surface area (Å²) in [7, 11) is 1.78. The fraction of sp³-hybridized carbons (Fsp3) is 0.214. The largest absolute Gasteiger partial charge is 0.369 e. The number of nitrogens with zero attached hydrogens (tertiary/aromatic N) is 5. The molecule has 0 radical (unpaired) electrons. The molecule has 9 nitrogen and oxygen atoms in total. The fourth-order valence-corrected chi connectivity index (χ4v) is 4.45. The van der Waals surface area contributed by atoms with Crippen molar-refractivity contribution in [1.82, 2.24) is 19.7 Å². The lowest BCUT2D eigenvalue weighted by Crippen LogP contribution is -2.30. The third-order valence-electron chi connectivity index (χ3n) is 6.38. The van der Waals surface area contributed by atoms with Gasteiger partial charge in [-0.1, -0.05) is 12.6 Å². The second kappa shape index (κ2) is 11.3. The van der Waals surface area contributed by atoms with Gasteiger partial charge in [-0.3, -0.25) is 9.48 Å². The quantitative estimate of drug-likeness (QED) is 0.249. The number of hydrogen-bond donors (Lipinski definition) is 3. The maximum Gasteiger partial charge on any atom is 0.247 e. The number of piperidine rings is 1. The van der Waals surface area contributed by atoms with Gasteiger partial charge < -0.3 is 20.9 Å². The van der Waals surface area contributed by atoms with E-state index in [9.17, 15) is 9.18 Å². The van der Waals surface area contributed by atoms with E-state index in [0.717, 1.165) is 38.4 Å². The maximum absolute atomic E-state index is 15.3. The lowest BCUT2D eigenvalue weighted by atomic mass is 10.0. The van der Waals surface area contributed by atoms with Gasteiger partial charge in [-0.15, -0.1) is 0 Å². The molecule has 39 heavy (non-hydrogen) atoms. The Kier molecular flexibility index (Phi) is 7.48.